The van der Waals surface area contributed by atoms with Gasteiger partial charge in [0.2, 0.25) is 10.0 Å². The molecule has 1 saturated heterocycles. The molecule has 9 nitrogen and oxygen atoms in total. The molecular weight excluding hydrogens is 418 g/mol. The number of primary sulfonamides is 1. The van der Waals surface area contributed by atoms with Crippen molar-refractivity contribution in [2.75, 3.05) is 19.7 Å². The Bertz CT molecular complexity index is 1150. The summed E-state index contributed by atoms with van der Waals surface area (Å²) in [5.41, 5.74) is 1.92. The van der Waals surface area contributed by atoms with Gasteiger partial charge >= 0.3 is 0 Å². The number of piperidine rings is 1. The van der Waals surface area contributed by atoms with Crippen LogP contribution in [0.4, 0.5) is 0 Å². The molecule has 10 heteroatoms. The second kappa shape index (κ2) is 8.86. The summed E-state index contributed by atoms with van der Waals surface area (Å²) < 4.78 is 29.0. The van der Waals surface area contributed by atoms with E-state index in [0.717, 1.165) is 24.2 Å². The maximum atomic E-state index is 12.9. The van der Waals surface area contributed by atoms with Gasteiger partial charge in [0.1, 0.15) is 5.75 Å². The van der Waals surface area contributed by atoms with E-state index in [9.17, 15) is 13.2 Å². The fourth-order valence-electron chi connectivity index (χ4n) is 3.61. The molecule has 1 aliphatic heterocycles. The standard InChI is InChI=1S/C21H23N5O4S/c22-31(28,29)18-5-1-4-16(11-18)21(27)26-10-2-3-15(13-26)14-30-17-6-7-19(23-12-17)20-8-9-24-25-20/h1,4-9,11-12,15H,2-3,10,13-14H2,(H,24,25)(H2,22,28,29)/t15-/m1/s1. The maximum Gasteiger partial charge on any atom is 0.253 e. The van der Waals surface area contributed by atoms with Crippen LogP contribution < -0.4 is 9.88 Å². The fraction of sp³-hybridized carbons (Fsp3) is 0.286. The Balaban J connectivity index is 1.36. The number of carbonyl (C=O) groups excluding carboxylic acids is 1. The van der Waals surface area contributed by atoms with Crippen molar-refractivity contribution >= 4 is 15.9 Å². The van der Waals surface area contributed by atoms with Crippen LogP contribution in [0.1, 0.15) is 23.2 Å². The van der Waals surface area contributed by atoms with Gasteiger partial charge in [0.15, 0.2) is 0 Å². The van der Waals surface area contributed by atoms with Crippen molar-refractivity contribution in [3.63, 3.8) is 0 Å². The van der Waals surface area contributed by atoms with Gasteiger partial charge in [-0.2, -0.15) is 5.10 Å². The minimum absolute atomic E-state index is 0.0682. The van der Waals surface area contributed by atoms with E-state index < -0.39 is 10.0 Å². The number of nitrogens with two attached hydrogens (primary N) is 1. The number of sulfonamides is 1. The molecule has 1 fully saturated rings. The van der Waals surface area contributed by atoms with E-state index in [1.54, 1.807) is 23.4 Å². The van der Waals surface area contributed by atoms with Crippen LogP contribution >= 0.6 is 0 Å². The van der Waals surface area contributed by atoms with Gasteiger partial charge in [-0.25, -0.2) is 13.6 Å². The largest absolute Gasteiger partial charge is 0.492 e. The summed E-state index contributed by atoms with van der Waals surface area (Å²) in [6.07, 6.45) is 5.13. The van der Waals surface area contributed by atoms with Gasteiger partial charge in [-0.05, 0) is 49.2 Å². The third-order valence-electron chi connectivity index (χ3n) is 5.21. The molecule has 0 aliphatic carbocycles. The second-order valence-electron chi connectivity index (χ2n) is 7.49. The number of H-pyrrole nitrogens is 1. The average molecular weight is 442 g/mol. The fourth-order valence-corrected chi connectivity index (χ4v) is 4.17. The molecule has 162 valence electrons. The Kier molecular flexibility index (Phi) is 6.01. The van der Waals surface area contributed by atoms with Crippen LogP contribution in [0.5, 0.6) is 5.75 Å². The summed E-state index contributed by atoms with van der Waals surface area (Å²) in [5, 5.41) is 12.0. The van der Waals surface area contributed by atoms with Crippen molar-refractivity contribution in [1.29, 1.82) is 0 Å². The summed E-state index contributed by atoms with van der Waals surface area (Å²) in [7, 11) is -3.86. The van der Waals surface area contributed by atoms with Gasteiger partial charge in [-0.15, -0.1) is 0 Å². The van der Waals surface area contributed by atoms with E-state index in [4.69, 9.17) is 9.88 Å². The van der Waals surface area contributed by atoms with Crippen molar-refractivity contribution < 1.29 is 17.9 Å². The summed E-state index contributed by atoms with van der Waals surface area (Å²) in [4.78, 5) is 18.9. The number of ether oxygens (including phenoxy) is 1. The summed E-state index contributed by atoms with van der Waals surface area (Å²) in [6.45, 7) is 1.62. The third-order valence-corrected chi connectivity index (χ3v) is 6.13. The number of hydrogen-bond acceptors (Lipinski definition) is 6. The van der Waals surface area contributed by atoms with Gasteiger partial charge in [-0.1, -0.05) is 6.07 Å². The number of nitrogens with zero attached hydrogens (tertiary/aromatic N) is 3. The number of nitrogens with one attached hydrogen (secondary N) is 1. The number of aromatic amines is 1. The van der Waals surface area contributed by atoms with Gasteiger partial charge in [0, 0.05) is 30.8 Å². The highest BCUT2D eigenvalue weighted by Crippen LogP contribution is 2.22. The molecule has 0 unspecified atom stereocenters. The minimum Gasteiger partial charge on any atom is -0.492 e. The van der Waals surface area contributed by atoms with Crippen molar-refractivity contribution in [2.45, 2.75) is 17.7 Å². The van der Waals surface area contributed by atoms with Crippen LogP contribution in [-0.2, 0) is 10.0 Å². The van der Waals surface area contributed by atoms with Crippen LogP contribution in [0.25, 0.3) is 11.4 Å². The molecule has 2 aromatic heterocycles. The van der Waals surface area contributed by atoms with Gasteiger partial charge < -0.3 is 9.64 Å². The number of rotatable bonds is 6. The molecule has 1 atom stereocenters. The molecule has 4 rings (SSSR count). The van der Waals surface area contributed by atoms with Crippen LogP contribution in [0.15, 0.2) is 59.8 Å². The van der Waals surface area contributed by atoms with Crippen LogP contribution in [-0.4, -0.2) is 54.1 Å². The number of pyridine rings is 1. The van der Waals surface area contributed by atoms with Crippen molar-refractivity contribution in [3.8, 4) is 17.1 Å². The Hall–Kier alpha value is -3.24. The number of carbonyl (C=O) groups is 1. The van der Waals surface area contributed by atoms with Gasteiger partial charge in [0.25, 0.3) is 5.91 Å². The molecule has 1 aromatic carbocycles. The van der Waals surface area contributed by atoms with E-state index in [1.165, 1.54) is 18.2 Å². The minimum atomic E-state index is -3.86. The first-order valence-electron chi connectivity index (χ1n) is 9.91. The monoisotopic (exact) mass is 441 g/mol. The Labute approximate surface area is 180 Å². The zero-order valence-corrected chi connectivity index (χ0v) is 17.6. The zero-order valence-electron chi connectivity index (χ0n) is 16.8. The molecule has 31 heavy (non-hydrogen) atoms. The molecule has 3 heterocycles. The molecule has 0 spiro atoms. The molecular formula is C21H23N5O4S. The summed E-state index contributed by atoms with van der Waals surface area (Å²) in [5.74, 6) is 0.625. The lowest BCUT2D eigenvalue weighted by atomic mass is 9.98. The molecule has 3 aromatic rings. The highest BCUT2D eigenvalue weighted by molar-refractivity contribution is 7.89. The van der Waals surface area contributed by atoms with E-state index in [0.29, 0.717) is 31.0 Å². The first kappa shape index (κ1) is 21.0. The molecule has 0 bridgehead atoms. The van der Waals surface area contributed by atoms with E-state index >= 15 is 0 Å². The Morgan fingerprint density at radius 2 is 2.13 bits per heavy atom. The first-order chi connectivity index (χ1) is 14.9. The predicted molar refractivity (Wildman–Crippen MR) is 114 cm³/mol. The average Bonchev–Trinajstić information content (AvgIpc) is 3.32. The van der Waals surface area contributed by atoms with Crippen molar-refractivity contribution in [2.24, 2.45) is 11.1 Å². The van der Waals surface area contributed by atoms with Crippen LogP contribution in [0.2, 0.25) is 0 Å². The molecule has 1 aliphatic rings. The molecule has 0 saturated carbocycles. The number of amides is 1. The number of likely N-dealkylation sites (tertiary alicyclic amines) is 1. The second-order valence-corrected chi connectivity index (χ2v) is 9.05. The van der Waals surface area contributed by atoms with Crippen molar-refractivity contribution in [3.05, 3.63) is 60.4 Å². The highest BCUT2D eigenvalue weighted by Gasteiger charge is 2.25. The number of benzene rings is 1. The van der Waals surface area contributed by atoms with E-state index in [2.05, 4.69) is 15.2 Å². The zero-order chi connectivity index (χ0) is 21.8. The highest BCUT2D eigenvalue weighted by atomic mass is 32.2. The number of aromatic nitrogens is 3. The van der Waals surface area contributed by atoms with E-state index in [-0.39, 0.29) is 16.7 Å². The molecule has 3 N–H and O–H groups in total. The molecule has 1 amide bonds. The predicted octanol–water partition coefficient (Wildman–Crippen LogP) is 2.05. The smallest absolute Gasteiger partial charge is 0.253 e. The first-order valence-corrected chi connectivity index (χ1v) is 11.5. The SMILES string of the molecule is NS(=O)(=O)c1cccc(C(=O)N2CCC[C@@H](COc3ccc(-c4ccn[nH]4)nc3)C2)c1. The quantitative estimate of drug-likeness (QED) is 0.602. The molecule has 0 radical (unpaired) electrons. The summed E-state index contributed by atoms with van der Waals surface area (Å²) in [6, 6.07) is 11.4. The van der Waals surface area contributed by atoms with Gasteiger partial charge in [0.05, 0.1) is 29.1 Å². The Morgan fingerprint density at radius 3 is 2.84 bits per heavy atom. The van der Waals surface area contributed by atoms with E-state index in [1.807, 2.05) is 18.2 Å². The van der Waals surface area contributed by atoms with Gasteiger partial charge in [-0.3, -0.25) is 14.9 Å². The number of hydrogen-bond donors (Lipinski definition) is 2. The van der Waals surface area contributed by atoms with Crippen LogP contribution in [0.3, 0.4) is 0 Å². The third kappa shape index (κ3) is 5.09. The van der Waals surface area contributed by atoms with Crippen molar-refractivity contribution in [1.82, 2.24) is 20.1 Å². The summed E-state index contributed by atoms with van der Waals surface area (Å²) >= 11 is 0. The lowest BCUT2D eigenvalue weighted by Gasteiger charge is -2.32. The lowest BCUT2D eigenvalue weighted by molar-refractivity contribution is 0.0633. The maximum absolute atomic E-state index is 12.9. The Morgan fingerprint density at radius 1 is 1.26 bits per heavy atom. The van der Waals surface area contributed by atoms with Crippen LogP contribution in [0, 0.1) is 5.92 Å². The topological polar surface area (TPSA) is 131 Å². The lowest BCUT2D eigenvalue weighted by Crippen LogP contribution is -2.41. The normalized spacial score (nSPS) is 16.8.